The third-order valence-electron chi connectivity index (χ3n) is 3.72. The van der Waals surface area contributed by atoms with E-state index in [1.54, 1.807) is 30.3 Å². The third-order valence-corrected chi connectivity index (χ3v) is 4.31. The molecule has 0 aliphatic carbocycles. The van der Waals surface area contributed by atoms with Crippen LogP contribution in [0.25, 0.3) is 0 Å². The minimum absolute atomic E-state index is 0. The van der Waals surface area contributed by atoms with Crippen molar-refractivity contribution in [2.75, 3.05) is 0 Å². The fraction of sp³-hybridized carbons (Fsp3) is 0.167. The Morgan fingerprint density at radius 1 is 1.19 bits per heavy atom. The lowest BCUT2D eigenvalue weighted by Gasteiger charge is -2.23. The zero-order chi connectivity index (χ0) is 18.4. The molecule has 1 N–H and O–H groups in total. The molecule has 0 aliphatic heterocycles. The van der Waals surface area contributed by atoms with Crippen molar-refractivity contribution in [2.45, 2.75) is 18.8 Å². The van der Waals surface area contributed by atoms with Crippen molar-refractivity contribution in [2.24, 2.45) is 5.16 Å². The summed E-state index contributed by atoms with van der Waals surface area (Å²) < 4.78 is 1.52. The van der Waals surface area contributed by atoms with Gasteiger partial charge in [-0.15, -0.1) is 12.4 Å². The van der Waals surface area contributed by atoms with Crippen molar-refractivity contribution >= 4 is 41.8 Å². The summed E-state index contributed by atoms with van der Waals surface area (Å²) in [5.41, 5.74) is -0.00113. The average Bonchev–Trinajstić information content (AvgIpc) is 3.14. The molecule has 1 heterocycles. The van der Waals surface area contributed by atoms with E-state index in [0.717, 1.165) is 5.56 Å². The summed E-state index contributed by atoms with van der Waals surface area (Å²) in [5, 5.41) is 20.1. The Hall–Kier alpha value is -2.12. The van der Waals surface area contributed by atoms with Crippen molar-refractivity contribution in [1.82, 2.24) is 14.8 Å². The fourth-order valence-corrected chi connectivity index (χ4v) is 2.83. The highest BCUT2D eigenvalue weighted by Gasteiger charge is 2.28. The van der Waals surface area contributed by atoms with Gasteiger partial charge in [0.1, 0.15) is 24.9 Å². The molecule has 0 saturated carbocycles. The molecular formula is C18H17Cl3N4O2. The van der Waals surface area contributed by atoms with Crippen LogP contribution in [-0.2, 0) is 23.6 Å². The van der Waals surface area contributed by atoms with Crippen LogP contribution in [0.15, 0.2) is 66.3 Å². The van der Waals surface area contributed by atoms with E-state index in [-0.39, 0.29) is 25.6 Å². The number of hydrogen-bond acceptors (Lipinski definition) is 5. The van der Waals surface area contributed by atoms with Crippen LogP contribution in [0, 0.1) is 0 Å². The van der Waals surface area contributed by atoms with Gasteiger partial charge in [-0.2, -0.15) is 5.10 Å². The standard InChI is InChI=1S/C18H16Cl2N4O2.ClH/c19-16-7-6-14(17(20)8-16)9-26-23-10-18(25,11-24-13-21-12-22-24)15-4-2-1-3-5-15;/h1-8,10,12-13,25H,9,11H2;1H. The monoisotopic (exact) mass is 426 g/mol. The Morgan fingerprint density at radius 3 is 2.63 bits per heavy atom. The quantitative estimate of drug-likeness (QED) is 0.455. The van der Waals surface area contributed by atoms with Gasteiger partial charge in [0.2, 0.25) is 0 Å². The SMILES string of the molecule is Cl.OC(C=NOCc1ccc(Cl)cc1Cl)(Cn1cncn1)c1ccccc1. The highest BCUT2D eigenvalue weighted by atomic mass is 35.5. The lowest BCUT2D eigenvalue weighted by Crippen LogP contribution is -2.33. The summed E-state index contributed by atoms with van der Waals surface area (Å²) in [7, 11) is 0. The van der Waals surface area contributed by atoms with E-state index >= 15 is 0 Å². The van der Waals surface area contributed by atoms with Crippen LogP contribution in [0.5, 0.6) is 0 Å². The Bertz CT molecular complexity index is 876. The maximum Gasteiger partial charge on any atom is 0.147 e. The van der Waals surface area contributed by atoms with E-state index in [0.29, 0.717) is 15.6 Å². The minimum Gasteiger partial charge on any atom is -0.391 e. The normalized spacial score (nSPS) is 13.1. The summed E-state index contributed by atoms with van der Waals surface area (Å²) in [6, 6.07) is 14.3. The summed E-state index contributed by atoms with van der Waals surface area (Å²) in [4.78, 5) is 9.21. The Morgan fingerprint density at radius 2 is 1.96 bits per heavy atom. The molecule has 0 fully saturated rings. The van der Waals surface area contributed by atoms with Gasteiger partial charge in [-0.1, -0.05) is 64.8 Å². The summed E-state index contributed by atoms with van der Waals surface area (Å²) in [6.07, 6.45) is 4.27. The van der Waals surface area contributed by atoms with E-state index in [2.05, 4.69) is 15.2 Å². The van der Waals surface area contributed by atoms with E-state index in [9.17, 15) is 5.11 Å². The second kappa shape index (κ2) is 9.71. The number of aromatic nitrogens is 3. The van der Waals surface area contributed by atoms with Crippen molar-refractivity contribution in [3.8, 4) is 0 Å². The number of aliphatic hydroxyl groups is 1. The van der Waals surface area contributed by atoms with Crippen LogP contribution in [0.4, 0.5) is 0 Å². The molecule has 0 amide bonds. The molecule has 0 radical (unpaired) electrons. The minimum atomic E-state index is -1.40. The molecule has 0 spiro atoms. The Balaban J connectivity index is 0.00000261. The van der Waals surface area contributed by atoms with Crippen molar-refractivity contribution < 1.29 is 9.94 Å². The lowest BCUT2D eigenvalue weighted by atomic mass is 9.95. The molecule has 6 nitrogen and oxygen atoms in total. The predicted molar refractivity (Wildman–Crippen MR) is 107 cm³/mol. The molecule has 3 rings (SSSR count). The van der Waals surface area contributed by atoms with Gasteiger partial charge in [-0.25, -0.2) is 9.67 Å². The molecule has 3 aromatic rings. The number of nitrogens with zero attached hydrogens (tertiary/aromatic N) is 4. The second-order valence-corrected chi connectivity index (χ2v) is 6.47. The maximum absolute atomic E-state index is 11.1. The van der Waals surface area contributed by atoms with Gasteiger partial charge in [-0.3, -0.25) is 0 Å². The number of halogens is 3. The van der Waals surface area contributed by atoms with E-state index < -0.39 is 5.60 Å². The second-order valence-electron chi connectivity index (χ2n) is 5.63. The third kappa shape index (κ3) is 5.68. The Labute approximate surface area is 172 Å². The molecule has 0 saturated heterocycles. The molecule has 9 heteroatoms. The molecule has 142 valence electrons. The number of benzene rings is 2. The van der Waals surface area contributed by atoms with E-state index in [1.165, 1.54) is 23.6 Å². The highest BCUT2D eigenvalue weighted by Crippen LogP contribution is 2.23. The first-order chi connectivity index (χ1) is 12.6. The summed E-state index contributed by atoms with van der Waals surface area (Å²) in [5.74, 6) is 0. The Kier molecular flexibility index (Phi) is 7.62. The molecule has 1 unspecified atom stereocenters. The van der Waals surface area contributed by atoms with Crippen molar-refractivity contribution in [1.29, 1.82) is 0 Å². The van der Waals surface area contributed by atoms with Crippen molar-refractivity contribution in [3.05, 3.63) is 82.4 Å². The molecule has 27 heavy (non-hydrogen) atoms. The van der Waals surface area contributed by atoms with Gasteiger partial charge in [0.25, 0.3) is 0 Å². The van der Waals surface area contributed by atoms with Gasteiger partial charge < -0.3 is 9.94 Å². The molecule has 0 bridgehead atoms. The van der Waals surface area contributed by atoms with Crippen LogP contribution in [0.1, 0.15) is 11.1 Å². The van der Waals surface area contributed by atoms with Gasteiger partial charge in [0.05, 0.1) is 12.8 Å². The van der Waals surface area contributed by atoms with E-state index in [1.807, 2.05) is 18.2 Å². The summed E-state index contributed by atoms with van der Waals surface area (Å²) in [6.45, 7) is 0.298. The topological polar surface area (TPSA) is 72.5 Å². The largest absolute Gasteiger partial charge is 0.391 e. The molecule has 1 atom stereocenters. The molecule has 2 aromatic carbocycles. The molecular weight excluding hydrogens is 411 g/mol. The first kappa shape index (κ1) is 21.2. The molecule has 0 aliphatic rings. The maximum atomic E-state index is 11.1. The zero-order valence-electron chi connectivity index (χ0n) is 14.1. The van der Waals surface area contributed by atoms with Crippen LogP contribution in [-0.4, -0.2) is 26.1 Å². The highest BCUT2D eigenvalue weighted by molar-refractivity contribution is 6.35. The lowest BCUT2D eigenvalue weighted by molar-refractivity contribution is 0.0781. The van der Waals surface area contributed by atoms with Gasteiger partial charge in [0.15, 0.2) is 0 Å². The van der Waals surface area contributed by atoms with Crippen LogP contribution in [0.2, 0.25) is 10.0 Å². The van der Waals surface area contributed by atoms with Gasteiger partial charge >= 0.3 is 0 Å². The zero-order valence-corrected chi connectivity index (χ0v) is 16.4. The fourth-order valence-electron chi connectivity index (χ4n) is 2.36. The average molecular weight is 428 g/mol. The number of hydrogen-bond donors (Lipinski definition) is 1. The summed E-state index contributed by atoms with van der Waals surface area (Å²) >= 11 is 12.0. The van der Waals surface area contributed by atoms with Crippen LogP contribution < -0.4 is 0 Å². The van der Waals surface area contributed by atoms with Gasteiger partial charge in [-0.05, 0) is 17.7 Å². The van der Waals surface area contributed by atoms with E-state index in [4.69, 9.17) is 28.0 Å². The smallest absolute Gasteiger partial charge is 0.147 e. The molecule has 1 aromatic heterocycles. The first-order valence-electron chi connectivity index (χ1n) is 7.77. The van der Waals surface area contributed by atoms with Crippen LogP contribution in [0.3, 0.4) is 0 Å². The number of rotatable bonds is 7. The first-order valence-corrected chi connectivity index (χ1v) is 8.53. The van der Waals surface area contributed by atoms with Crippen LogP contribution >= 0.6 is 35.6 Å². The van der Waals surface area contributed by atoms with Crippen molar-refractivity contribution in [3.63, 3.8) is 0 Å². The predicted octanol–water partition coefficient (Wildman–Crippen LogP) is 4.10. The van der Waals surface area contributed by atoms with Gasteiger partial charge in [0, 0.05) is 15.6 Å². The number of oxime groups is 1.